The van der Waals surface area contributed by atoms with E-state index in [2.05, 4.69) is 42.3 Å². The maximum atomic E-state index is 13.3. The summed E-state index contributed by atoms with van der Waals surface area (Å²) in [5.41, 5.74) is 4.25. The van der Waals surface area contributed by atoms with Crippen LogP contribution in [0.1, 0.15) is 35.8 Å². The zero-order valence-corrected chi connectivity index (χ0v) is 16.5. The molecule has 0 radical (unpaired) electrons. The van der Waals surface area contributed by atoms with Gasteiger partial charge in [0.2, 0.25) is 5.91 Å². The molecular formula is C23H24N2OS. The highest BCUT2D eigenvalue weighted by molar-refractivity contribution is 8.00. The summed E-state index contributed by atoms with van der Waals surface area (Å²) < 4.78 is 0. The normalized spacial score (nSPS) is 11.8. The number of nitrogens with one attached hydrogen (secondary N) is 1. The van der Waals surface area contributed by atoms with E-state index in [9.17, 15) is 4.79 Å². The molecule has 0 saturated heterocycles. The maximum absolute atomic E-state index is 13.3. The summed E-state index contributed by atoms with van der Waals surface area (Å²) in [6.07, 6.45) is 3.52. The Hall–Kier alpha value is -2.59. The van der Waals surface area contributed by atoms with Crippen LogP contribution in [0.2, 0.25) is 0 Å². The monoisotopic (exact) mass is 376 g/mol. The molecule has 3 aromatic rings. The van der Waals surface area contributed by atoms with E-state index in [1.165, 1.54) is 11.8 Å². The Morgan fingerprint density at radius 3 is 2.19 bits per heavy atom. The number of nitrogens with zero attached hydrogens (tertiary/aromatic N) is 1. The lowest BCUT2D eigenvalue weighted by molar-refractivity contribution is -0.115. The molecule has 0 spiro atoms. The average Bonchev–Trinajstić information content (AvgIpc) is 2.73. The zero-order valence-electron chi connectivity index (χ0n) is 15.7. The van der Waals surface area contributed by atoms with Crippen LogP contribution in [0.25, 0.3) is 0 Å². The highest BCUT2D eigenvalue weighted by atomic mass is 32.2. The molecule has 3 rings (SSSR count). The molecule has 1 N–H and O–H groups in total. The maximum Gasteiger partial charge on any atom is 0.242 e. The minimum Gasteiger partial charge on any atom is -0.324 e. The number of thioether (sulfide) groups is 1. The molecule has 27 heavy (non-hydrogen) atoms. The van der Waals surface area contributed by atoms with E-state index < -0.39 is 0 Å². The first kappa shape index (κ1) is 19.2. The highest BCUT2D eigenvalue weighted by Gasteiger charge is 2.24. The molecule has 0 bridgehead atoms. The molecule has 1 atom stereocenters. The molecule has 1 aromatic heterocycles. The number of carbonyl (C=O) groups is 1. The molecule has 0 aliphatic carbocycles. The Balaban J connectivity index is 1.92. The summed E-state index contributed by atoms with van der Waals surface area (Å²) in [5, 5.41) is 3.68. The van der Waals surface area contributed by atoms with Gasteiger partial charge in [0, 0.05) is 11.9 Å². The third kappa shape index (κ3) is 4.77. The van der Waals surface area contributed by atoms with Gasteiger partial charge < -0.3 is 5.32 Å². The Bertz CT molecular complexity index is 859. The third-order valence-electron chi connectivity index (χ3n) is 4.46. The van der Waals surface area contributed by atoms with Crippen molar-refractivity contribution in [3.63, 3.8) is 0 Å². The summed E-state index contributed by atoms with van der Waals surface area (Å²) in [6, 6.07) is 21.9. The van der Waals surface area contributed by atoms with E-state index in [0.717, 1.165) is 40.2 Å². The molecule has 0 aliphatic rings. The zero-order chi connectivity index (χ0) is 19.1. The first-order valence-electron chi connectivity index (χ1n) is 9.27. The van der Waals surface area contributed by atoms with Crippen LogP contribution in [0.15, 0.2) is 78.0 Å². The summed E-state index contributed by atoms with van der Waals surface area (Å²) in [5.74, 6) is -0.0209. The van der Waals surface area contributed by atoms with Crippen LogP contribution in [0.3, 0.4) is 0 Å². The van der Waals surface area contributed by atoms with Gasteiger partial charge in [-0.05, 0) is 41.7 Å². The van der Waals surface area contributed by atoms with Crippen molar-refractivity contribution in [2.45, 2.75) is 37.0 Å². The number of hydrogen-bond donors (Lipinski definition) is 1. The second-order valence-electron chi connectivity index (χ2n) is 6.22. The molecule has 0 aliphatic heterocycles. The van der Waals surface area contributed by atoms with Gasteiger partial charge in [-0.1, -0.05) is 80.2 Å². The Labute approximate surface area is 165 Å². The van der Waals surface area contributed by atoms with Crippen molar-refractivity contribution in [2.24, 2.45) is 0 Å². The van der Waals surface area contributed by atoms with Crippen molar-refractivity contribution in [1.82, 2.24) is 4.98 Å². The number of aryl methyl sites for hydroxylation is 2. The quantitative estimate of drug-likeness (QED) is 0.540. The van der Waals surface area contributed by atoms with Gasteiger partial charge in [-0.25, -0.2) is 4.98 Å². The number of para-hydroxylation sites is 1. The van der Waals surface area contributed by atoms with Crippen LogP contribution >= 0.6 is 11.8 Å². The van der Waals surface area contributed by atoms with Gasteiger partial charge in [0.15, 0.2) is 0 Å². The van der Waals surface area contributed by atoms with Crippen LogP contribution in [0.5, 0.6) is 0 Å². The van der Waals surface area contributed by atoms with Gasteiger partial charge in [-0.15, -0.1) is 0 Å². The van der Waals surface area contributed by atoms with Gasteiger partial charge >= 0.3 is 0 Å². The summed E-state index contributed by atoms with van der Waals surface area (Å²) >= 11 is 1.47. The number of anilines is 1. The lowest BCUT2D eigenvalue weighted by Gasteiger charge is -2.20. The molecule has 3 nitrogen and oxygen atoms in total. The van der Waals surface area contributed by atoms with E-state index >= 15 is 0 Å². The molecule has 1 heterocycles. The molecule has 0 fully saturated rings. The second-order valence-corrected chi connectivity index (χ2v) is 7.35. The molecule has 2 aromatic carbocycles. The van der Waals surface area contributed by atoms with Gasteiger partial charge in [0.25, 0.3) is 0 Å². The summed E-state index contributed by atoms with van der Waals surface area (Å²) in [4.78, 5) is 17.7. The number of rotatable bonds is 7. The molecule has 4 heteroatoms. The predicted octanol–water partition coefficient (Wildman–Crippen LogP) is 5.68. The van der Waals surface area contributed by atoms with E-state index in [0.29, 0.717) is 0 Å². The van der Waals surface area contributed by atoms with Gasteiger partial charge in [-0.2, -0.15) is 0 Å². The van der Waals surface area contributed by atoms with Crippen LogP contribution in [-0.2, 0) is 17.6 Å². The van der Waals surface area contributed by atoms with Gasteiger partial charge in [0.05, 0.1) is 5.03 Å². The number of carbonyl (C=O) groups excluding carboxylic acids is 1. The third-order valence-corrected chi connectivity index (χ3v) is 5.67. The molecular weight excluding hydrogens is 352 g/mol. The minimum absolute atomic E-state index is 0.0209. The number of aromatic nitrogens is 1. The van der Waals surface area contributed by atoms with Crippen molar-refractivity contribution in [2.75, 3.05) is 5.32 Å². The van der Waals surface area contributed by atoms with Crippen LogP contribution < -0.4 is 5.32 Å². The summed E-state index contributed by atoms with van der Waals surface area (Å²) in [6.45, 7) is 4.23. The Morgan fingerprint density at radius 2 is 1.59 bits per heavy atom. The number of benzene rings is 2. The fourth-order valence-corrected chi connectivity index (χ4v) is 4.01. The lowest BCUT2D eigenvalue weighted by atomic mass is 10.0. The average molecular weight is 377 g/mol. The van der Waals surface area contributed by atoms with E-state index in [1.807, 2.05) is 48.5 Å². The van der Waals surface area contributed by atoms with E-state index in [4.69, 9.17) is 0 Å². The molecule has 138 valence electrons. The van der Waals surface area contributed by atoms with Gasteiger partial charge in [-0.3, -0.25) is 4.79 Å². The second kappa shape index (κ2) is 9.38. The van der Waals surface area contributed by atoms with Crippen LogP contribution in [-0.4, -0.2) is 10.9 Å². The van der Waals surface area contributed by atoms with Crippen molar-refractivity contribution in [1.29, 1.82) is 0 Å². The van der Waals surface area contributed by atoms with Crippen molar-refractivity contribution < 1.29 is 4.79 Å². The topological polar surface area (TPSA) is 42.0 Å². The fourth-order valence-electron chi connectivity index (χ4n) is 3.03. The lowest BCUT2D eigenvalue weighted by Crippen LogP contribution is -2.21. The highest BCUT2D eigenvalue weighted by Crippen LogP contribution is 2.36. The molecule has 1 amide bonds. The van der Waals surface area contributed by atoms with E-state index in [-0.39, 0.29) is 11.2 Å². The summed E-state index contributed by atoms with van der Waals surface area (Å²) in [7, 11) is 0. The van der Waals surface area contributed by atoms with Crippen molar-refractivity contribution in [3.8, 4) is 0 Å². The van der Waals surface area contributed by atoms with Crippen molar-refractivity contribution >= 4 is 23.4 Å². The largest absolute Gasteiger partial charge is 0.324 e. The Morgan fingerprint density at radius 1 is 0.926 bits per heavy atom. The first-order chi connectivity index (χ1) is 13.2. The van der Waals surface area contributed by atoms with E-state index in [1.54, 1.807) is 6.20 Å². The Kier molecular flexibility index (Phi) is 6.66. The number of amides is 1. The van der Waals surface area contributed by atoms with Crippen LogP contribution in [0, 0.1) is 0 Å². The van der Waals surface area contributed by atoms with Crippen LogP contribution in [0.4, 0.5) is 5.69 Å². The number of hydrogen-bond acceptors (Lipinski definition) is 3. The predicted molar refractivity (Wildman–Crippen MR) is 113 cm³/mol. The first-order valence-corrected chi connectivity index (χ1v) is 10.1. The van der Waals surface area contributed by atoms with Crippen molar-refractivity contribution in [3.05, 3.63) is 89.6 Å². The number of pyridine rings is 1. The molecule has 0 saturated carbocycles. The molecule has 1 unspecified atom stereocenters. The standard InChI is InChI=1S/C23H24N2OS/c1-3-17-13-10-14-18(4-2)21(17)25-23(26)22(19-11-6-5-7-12-19)27-20-15-8-9-16-24-20/h5-16,22H,3-4H2,1-2H3,(H,25,26). The smallest absolute Gasteiger partial charge is 0.242 e. The minimum atomic E-state index is -0.365. The SMILES string of the molecule is CCc1cccc(CC)c1NC(=O)C(Sc1ccccn1)c1ccccc1. The van der Waals surface area contributed by atoms with Gasteiger partial charge in [0.1, 0.15) is 5.25 Å². The fraction of sp³-hybridized carbons (Fsp3) is 0.217.